The third kappa shape index (κ3) is 6.85. The molecule has 1 aliphatic carbocycles. The molecule has 34 heavy (non-hydrogen) atoms. The van der Waals surface area contributed by atoms with Gasteiger partial charge in [-0.2, -0.15) is 0 Å². The SMILES string of the molecule is O=C=C(C[C@@H](NC1(C(=O)NC[C@H](O)C(=O)O)CCCC1)OCc1ccccc1)c1ccccc1. The summed E-state index contributed by atoms with van der Waals surface area (Å²) in [5.74, 6) is 0.219. The average Bonchev–Trinajstić information content (AvgIpc) is 3.34. The minimum absolute atomic E-state index is 0.188. The van der Waals surface area contributed by atoms with Gasteiger partial charge in [0.05, 0.1) is 18.7 Å². The molecule has 8 heteroatoms. The molecule has 180 valence electrons. The summed E-state index contributed by atoms with van der Waals surface area (Å²) < 4.78 is 6.15. The lowest BCUT2D eigenvalue weighted by Crippen LogP contribution is -2.59. The summed E-state index contributed by atoms with van der Waals surface area (Å²) in [5, 5.41) is 24.3. The van der Waals surface area contributed by atoms with Crippen LogP contribution in [0.2, 0.25) is 0 Å². The van der Waals surface area contributed by atoms with E-state index in [9.17, 15) is 19.5 Å². The van der Waals surface area contributed by atoms with Crippen LogP contribution in [0.1, 0.15) is 43.2 Å². The van der Waals surface area contributed by atoms with Crippen molar-refractivity contribution in [1.29, 1.82) is 0 Å². The van der Waals surface area contributed by atoms with Crippen LogP contribution in [0.5, 0.6) is 0 Å². The maximum atomic E-state index is 13.1. The smallest absolute Gasteiger partial charge is 0.334 e. The number of benzene rings is 2. The minimum atomic E-state index is -1.68. The van der Waals surface area contributed by atoms with Crippen LogP contribution in [0.3, 0.4) is 0 Å². The Hall–Kier alpha value is -3.29. The van der Waals surface area contributed by atoms with E-state index in [1.807, 2.05) is 66.6 Å². The average molecular weight is 467 g/mol. The monoisotopic (exact) mass is 466 g/mol. The van der Waals surface area contributed by atoms with Crippen molar-refractivity contribution in [3.63, 3.8) is 0 Å². The number of carbonyl (C=O) groups is 2. The Labute approximate surface area is 198 Å². The fourth-order valence-corrected chi connectivity index (χ4v) is 4.14. The summed E-state index contributed by atoms with van der Waals surface area (Å²) in [4.78, 5) is 35.8. The van der Waals surface area contributed by atoms with E-state index >= 15 is 0 Å². The number of hydrogen-bond donors (Lipinski definition) is 4. The predicted octanol–water partition coefficient (Wildman–Crippen LogP) is 2.30. The molecular weight excluding hydrogens is 436 g/mol. The van der Waals surface area contributed by atoms with E-state index in [0.29, 0.717) is 18.4 Å². The number of aliphatic hydroxyl groups excluding tert-OH is 1. The summed E-state index contributed by atoms with van der Waals surface area (Å²) in [5.41, 5.74) is 1.09. The van der Waals surface area contributed by atoms with E-state index in [1.165, 1.54) is 0 Å². The molecule has 0 radical (unpaired) electrons. The van der Waals surface area contributed by atoms with E-state index in [1.54, 1.807) is 0 Å². The summed E-state index contributed by atoms with van der Waals surface area (Å²) in [6, 6.07) is 18.7. The van der Waals surface area contributed by atoms with Gasteiger partial charge in [0, 0.05) is 12.0 Å². The van der Waals surface area contributed by atoms with Gasteiger partial charge in [0.25, 0.3) is 0 Å². The van der Waals surface area contributed by atoms with E-state index in [0.717, 1.165) is 24.0 Å². The highest BCUT2D eigenvalue weighted by Crippen LogP contribution is 2.32. The Balaban J connectivity index is 1.79. The summed E-state index contributed by atoms with van der Waals surface area (Å²) >= 11 is 0. The number of carbonyl (C=O) groups excluding carboxylic acids is 2. The van der Waals surface area contributed by atoms with Crippen molar-refractivity contribution in [3.05, 3.63) is 71.8 Å². The summed E-state index contributed by atoms with van der Waals surface area (Å²) in [6.45, 7) is -0.120. The third-order valence-electron chi connectivity index (χ3n) is 6.00. The lowest BCUT2D eigenvalue weighted by atomic mass is 9.94. The maximum Gasteiger partial charge on any atom is 0.334 e. The first-order valence-corrected chi connectivity index (χ1v) is 11.4. The normalized spacial score (nSPS) is 16.3. The van der Waals surface area contributed by atoms with Crippen molar-refractivity contribution in [2.75, 3.05) is 6.54 Å². The number of hydrogen-bond acceptors (Lipinski definition) is 6. The van der Waals surface area contributed by atoms with Gasteiger partial charge in [-0.1, -0.05) is 73.5 Å². The molecule has 0 unspecified atom stereocenters. The van der Waals surface area contributed by atoms with Gasteiger partial charge in [-0.25, -0.2) is 9.59 Å². The van der Waals surface area contributed by atoms with Crippen LogP contribution in [-0.2, 0) is 25.7 Å². The first-order chi connectivity index (χ1) is 16.4. The maximum absolute atomic E-state index is 13.1. The molecule has 0 aromatic heterocycles. The highest BCUT2D eigenvalue weighted by atomic mass is 16.5. The number of carboxylic acids is 1. The third-order valence-corrected chi connectivity index (χ3v) is 6.00. The molecule has 0 heterocycles. The molecule has 3 rings (SSSR count). The molecule has 0 bridgehead atoms. The number of aliphatic carboxylic acids is 1. The van der Waals surface area contributed by atoms with Gasteiger partial charge >= 0.3 is 5.97 Å². The van der Waals surface area contributed by atoms with Gasteiger partial charge in [-0.05, 0) is 24.0 Å². The second-order valence-corrected chi connectivity index (χ2v) is 8.43. The second kappa shape index (κ2) is 12.3. The molecule has 4 N–H and O–H groups in total. The quantitative estimate of drug-likeness (QED) is 0.279. The van der Waals surface area contributed by atoms with Crippen molar-refractivity contribution in [2.45, 2.75) is 56.6 Å². The Bertz CT molecular complexity index is 998. The van der Waals surface area contributed by atoms with Crippen LogP contribution < -0.4 is 10.6 Å². The Morgan fingerprint density at radius 2 is 1.65 bits per heavy atom. The lowest BCUT2D eigenvalue weighted by Gasteiger charge is -2.34. The zero-order valence-electron chi connectivity index (χ0n) is 18.9. The topological polar surface area (TPSA) is 125 Å². The number of rotatable bonds is 12. The zero-order valence-corrected chi connectivity index (χ0v) is 18.9. The van der Waals surface area contributed by atoms with Gasteiger partial charge in [0.15, 0.2) is 6.10 Å². The molecule has 1 aliphatic rings. The first-order valence-electron chi connectivity index (χ1n) is 11.4. The van der Waals surface area contributed by atoms with Crippen molar-refractivity contribution in [3.8, 4) is 0 Å². The summed E-state index contributed by atoms with van der Waals surface area (Å²) in [6.07, 6.45) is 0.496. The zero-order chi connectivity index (χ0) is 24.4. The van der Waals surface area contributed by atoms with Crippen LogP contribution in [0.15, 0.2) is 60.7 Å². The summed E-state index contributed by atoms with van der Waals surface area (Å²) in [7, 11) is 0. The number of aliphatic hydroxyl groups is 1. The molecule has 0 aliphatic heterocycles. The van der Waals surface area contributed by atoms with E-state index < -0.39 is 36.3 Å². The Morgan fingerprint density at radius 1 is 1.03 bits per heavy atom. The standard InChI is InChI=1S/C26H30N2O6/c29-17-21(20-11-5-2-6-12-20)15-23(34-18-19-9-3-1-4-10-19)28-26(13-7-8-14-26)25(33)27-16-22(30)24(31)32/h1-6,9-12,22-23,28,30H,7-8,13-16,18H2,(H,27,33)(H,31,32)/t22-,23-/m0/s1. The van der Waals surface area contributed by atoms with Crippen LogP contribution in [0.25, 0.3) is 5.57 Å². The minimum Gasteiger partial charge on any atom is -0.479 e. The van der Waals surface area contributed by atoms with Crippen LogP contribution in [0, 0.1) is 0 Å². The van der Waals surface area contributed by atoms with Crippen molar-refractivity contribution >= 4 is 23.4 Å². The largest absolute Gasteiger partial charge is 0.479 e. The van der Waals surface area contributed by atoms with Gasteiger partial charge in [0.2, 0.25) is 5.91 Å². The molecule has 2 atom stereocenters. The molecule has 1 saturated carbocycles. The first kappa shape index (κ1) is 25.3. The molecule has 0 spiro atoms. The fourth-order valence-electron chi connectivity index (χ4n) is 4.14. The highest BCUT2D eigenvalue weighted by Gasteiger charge is 2.43. The van der Waals surface area contributed by atoms with E-state index in [2.05, 4.69) is 10.6 Å². The van der Waals surface area contributed by atoms with Crippen molar-refractivity contribution < 1.29 is 29.3 Å². The van der Waals surface area contributed by atoms with Crippen molar-refractivity contribution in [2.24, 2.45) is 0 Å². The van der Waals surface area contributed by atoms with Crippen LogP contribution in [-0.4, -0.2) is 52.4 Å². The molecule has 1 fully saturated rings. The van der Waals surface area contributed by atoms with E-state index in [4.69, 9.17) is 9.84 Å². The van der Waals surface area contributed by atoms with Gasteiger partial charge in [0.1, 0.15) is 12.2 Å². The van der Waals surface area contributed by atoms with Crippen LogP contribution in [0.4, 0.5) is 0 Å². The lowest BCUT2D eigenvalue weighted by molar-refractivity contribution is -0.146. The number of carboxylic acid groups (broad SMARTS) is 1. The highest BCUT2D eigenvalue weighted by molar-refractivity contribution is 5.88. The van der Waals surface area contributed by atoms with Gasteiger partial charge < -0.3 is 20.3 Å². The molecule has 2 aromatic rings. The number of amides is 1. The molecule has 2 aromatic carbocycles. The molecule has 0 saturated heterocycles. The van der Waals surface area contributed by atoms with Crippen LogP contribution >= 0.6 is 0 Å². The molecular formula is C26H30N2O6. The van der Waals surface area contributed by atoms with Gasteiger partial charge in [-0.3, -0.25) is 10.1 Å². The van der Waals surface area contributed by atoms with E-state index in [-0.39, 0.29) is 13.0 Å². The Morgan fingerprint density at radius 3 is 2.24 bits per heavy atom. The molecule has 1 amide bonds. The second-order valence-electron chi connectivity index (χ2n) is 8.43. The number of nitrogens with one attached hydrogen (secondary N) is 2. The fraction of sp³-hybridized carbons (Fsp3) is 0.385. The van der Waals surface area contributed by atoms with Gasteiger partial charge in [-0.15, -0.1) is 0 Å². The number of ether oxygens (including phenoxy) is 1. The van der Waals surface area contributed by atoms with Crippen molar-refractivity contribution in [1.82, 2.24) is 10.6 Å². The Kier molecular flexibility index (Phi) is 9.13. The predicted molar refractivity (Wildman–Crippen MR) is 126 cm³/mol. The molecule has 8 nitrogen and oxygen atoms in total.